The molecule has 6 nitrogen and oxygen atoms in total. The summed E-state index contributed by atoms with van der Waals surface area (Å²) >= 11 is 3.30. The highest BCUT2D eigenvalue weighted by Crippen LogP contribution is 2.27. The van der Waals surface area contributed by atoms with E-state index >= 15 is 0 Å². The Kier molecular flexibility index (Phi) is 4.58. The number of thioether (sulfide) groups is 1. The lowest BCUT2D eigenvalue weighted by Gasteiger charge is -2.08. The van der Waals surface area contributed by atoms with Crippen LogP contribution in [0.25, 0.3) is 10.7 Å². The summed E-state index contributed by atoms with van der Waals surface area (Å²) in [5.41, 5.74) is 0. The SMILES string of the molecule is CC(C)Cn1ncnc1CSc1nnc(-c2cccs2)n1C. The molecule has 0 aliphatic heterocycles. The number of hydrogen-bond donors (Lipinski definition) is 0. The molecule has 3 rings (SSSR count). The van der Waals surface area contributed by atoms with E-state index < -0.39 is 0 Å². The van der Waals surface area contributed by atoms with E-state index in [1.165, 1.54) is 0 Å². The average Bonchev–Trinajstić information content (AvgIpc) is 3.18. The maximum absolute atomic E-state index is 4.35. The summed E-state index contributed by atoms with van der Waals surface area (Å²) in [4.78, 5) is 5.48. The molecule has 3 aromatic heterocycles. The molecular formula is C14H18N6S2. The first-order valence-electron chi connectivity index (χ1n) is 7.08. The van der Waals surface area contributed by atoms with Crippen LogP contribution in [0.5, 0.6) is 0 Å². The van der Waals surface area contributed by atoms with Gasteiger partial charge in [-0.2, -0.15) is 5.10 Å². The van der Waals surface area contributed by atoms with Crippen molar-refractivity contribution in [3.63, 3.8) is 0 Å². The van der Waals surface area contributed by atoms with Crippen molar-refractivity contribution in [2.45, 2.75) is 31.3 Å². The standard InChI is InChI=1S/C14H18N6S2/c1-10(2)7-20-12(15-9-16-20)8-22-14-18-17-13(19(14)3)11-5-4-6-21-11/h4-6,9-10H,7-8H2,1-3H3. The van der Waals surface area contributed by atoms with Crippen LogP contribution in [0, 0.1) is 5.92 Å². The van der Waals surface area contributed by atoms with Crippen LogP contribution in [-0.4, -0.2) is 29.5 Å². The molecule has 22 heavy (non-hydrogen) atoms. The van der Waals surface area contributed by atoms with E-state index in [1.54, 1.807) is 29.4 Å². The molecule has 0 saturated carbocycles. The zero-order valence-corrected chi connectivity index (χ0v) is 14.4. The third-order valence-corrected chi connectivity index (χ3v) is 5.02. The Balaban J connectivity index is 1.71. The fourth-order valence-corrected chi connectivity index (χ4v) is 3.69. The topological polar surface area (TPSA) is 61.4 Å². The van der Waals surface area contributed by atoms with Crippen LogP contribution in [0.15, 0.2) is 29.0 Å². The minimum absolute atomic E-state index is 0.547. The van der Waals surface area contributed by atoms with Gasteiger partial charge in [-0.15, -0.1) is 21.5 Å². The minimum Gasteiger partial charge on any atom is -0.304 e. The van der Waals surface area contributed by atoms with Gasteiger partial charge in [-0.05, 0) is 17.4 Å². The van der Waals surface area contributed by atoms with E-state index in [-0.39, 0.29) is 0 Å². The zero-order chi connectivity index (χ0) is 15.5. The molecule has 0 unspecified atom stereocenters. The first-order valence-corrected chi connectivity index (χ1v) is 8.94. The van der Waals surface area contributed by atoms with Crippen LogP contribution in [0.4, 0.5) is 0 Å². The summed E-state index contributed by atoms with van der Waals surface area (Å²) in [7, 11) is 2.00. The predicted octanol–water partition coefficient (Wildman–Crippen LogP) is 3.08. The van der Waals surface area contributed by atoms with Crippen LogP contribution < -0.4 is 0 Å². The molecule has 3 heterocycles. The molecule has 0 bridgehead atoms. The predicted molar refractivity (Wildman–Crippen MR) is 88.7 cm³/mol. The highest BCUT2D eigenvalue weighted by Gasteiger charge is 2.13. The van der Waals surface area contributed by atoms with Gasteiger partial charge in [0.25, 0.3) is 0 Å². The number of nitrogens with zero attached hydrogens (tertiary/aromatic N) is 6. The van der Waals surface area contributed by atoms with Crippen molar-refractivity contribution in [1.82, 2.24) is 29.5 Å². The molecule has 0 atom stereocenters. The molecule has 0 aliphatic carbocycles. The summed E-state index contributed by atoms with van der Waals surface area (Å²) in [6.07, 6.45) is 1.62. The van der Waals surface area contributed by atoms with Gasteiger partial charge in [0.15, 0.2) is 11.0 Å². The molecule has 0 aliphatic rings. The van der Waals surface area contributed by atoms with Gasteiger partial charge in [0.05, 0.1) is 10.6 Å². The van der Waals surface area contributed by atoms with E-state index in [9.17, 15) is 0 Å². The van der Waals surface area contributed by atoms with E-state index in [4.69, 9.17) is 0 Å². The van der Waals surface area contributed by atoms with Gasteiger partial charge in [0, 0.05) is 13.6 Å². The van der Waals surface area contributed by atoms with Crippen LogP contribution in [0.1, 0.15) is 19.7 Å². The third-order valence-electron chi connectivity index (χ3n) is 3.14. The van der Waals surface area contributed by atoms with Crippen LogP contribution in [0.2, 0.25) is 0 Å². The van der Waals surface area contributed by atoms with E-state index in [0.29, 0.717) is 5.92 Å². The molecule has 0 radical (unpaired) electrons. The highest BCUT2D eigenvalue weighted by molar-refractivity contribution is 7.98. The second-order valence-corrected chi connectivity index (χ2v) is 7.27. The molecular weight excluding hydrogens is 316 g/mol. The van der Waals surface area contributed by atoms with Crippen molar-refractivity contribution in [1.29, 1.82) is 0 Å². The fraction of sp³-hybridized carbons (Fsp3) is 0.429. The molecule has 0 N–H and O–H groups in total. The Bertz CT molecular complexity index is 728. The third kappa shape index (κ3) is 3.22. The van der Waals surface area contributed by atoms with Gasteiger partial charge in [0.2, 0.25) is 0 Å². The maximum atomic E-state index is 4.35. The van der Waals surface area contributed by atoms with Crippen LogP contribution >= 0.6 is 23.1 Å². The monoisotopic (exact) mass is 334 g/mol. The molecule has 0 fully saturated rings. The maximum Gasteiger partial charge on any atom is 0.191 e. The highest BCUT2D eigenvalue weighted by atomic mass is 32.2. The molecule has 3 aromatic rings. The van der Waals surface area contributed by atoms with Crippen molar-refractivity contribution in [3.05, 3.63) is 29.7 Å². The van der Waals surface area contributed by atoms with Gasteiger partial charge in [-0.3, -0.25) is 0 Å². The fourth-order valence-electron chi connectivity index (χ4n) is 2.09. The van der Waals surface area contributed by atoms with Gasteiger partial charge < -0.3 is 4.57 Å². The molecule has 0 aromatic carbocycles. The zero-order valence-electron chi connectivity index (χ0n) is 12.8. The quantitative estimate of drug-likeness (QED) is 0.648. The first-order chi connectivity index (χ1) is 10.6. The summed E-state index contributed by atoms with van der Waals surface area (Å²) in [5, 5.41) is 15.8. The lowest BCUT2D eigenvalue weighted by molar-refractivity contribution is 0.471. The molecule has 116 valence electrons. The summed E-state index contributed by atoms with van der Waals surface area (Å²) in [6, 6.07) is 4.08. The number of hydrogen-bond acceptors (Lipinski definition) is 6. The lowest BCUT2D eigenvalue weighted by Crippen LogP contribution is -2.09. The van der Waals surface area contributed by atoms with E-state index in [0.717, 1.165) is 34.0 Å². The van der Waals surface area contributed by atoms with Gasteiger partial charge in [0.1, 0.15) is 12.2 Å². The van der Waals surface area contributed by atoms with Crippen molar-refractivity contribution in [2.24, 2.45) is 13.0 Å². The minimum atomic E-state index is 0.547. The molecule has 0 spiro atoms. The average molecular weight is 334 g/mol. The smallest absolute Gasteiger partial charge is 0.191 e. The van der Waals surface area contributed by atoms with E-state index in [2.05, 4.69) is 40.2 Å². The largest absolute Gasteiger partial charge is 0.304 e. The van der Waals surface area contributed by atoms with Crippen molar-refractivity contribution >= 4 is 23.1 Å². The molecule has 0 amide bonds. The van der Waals surface area contributed by atoms with Crippen LogP contribution in [0.3, 0.4) is 0 Å². The Hall–Kier alpha value is -1.67. The Labute approximate surface area is 137 Å². The Morgan fingerprint density at radius 1 is 1.32 bits per heavy atom. The second-order valence-electron chi connectivity index (χ2n) is 5.38. The van der Waals surface area contributed by atoms with Gasteiger partial charge >= 0.3 is 0 Å². The number of thiophene rings is 1. The van der Waals surface area contributed by atoms with Crippen molar-refractivity contribution < 1.29 is 0 Å². The second kappa shape index (κ2) is 6.62. The number of aromatic nitrogens is 6. The van der Waals surface area contributed by atoms with E-state index in [1.807, 2.05) is 27.7 Å². The normalized spacial score (nSPS) is 11.5. The number of rotatable bonds is 6. The van der Waals surface area contributed by atoms with Gasteiger partial charge in [-0.25, -0.2) is 9.67 Å². The molecule has 0 saturated heterocycles. The summed E-state index contributed by atoms with van der Waals surface area (Å²) in [5.74, 6) is 3.16. The molecule has 8 heteroatoms. The van der Waals surface area contributed by atoms with Crippen LogP contribution in [-0.2, 0) is 19.3 Å². The first kappa shape index (κ1) is 15.2. The van der Waals surface area contributed by atoms with Crippen molar-refractivity contribution in [3.8, 4) is 10.7 Å². The Morgan fingerprint density at radius 2 is 2.18 bits per heavy atom. The lowest BCUT2D eigenvalue weighted by atomic mass is 10.2. The Morgan fingerprint density at radius 3 is 2.91 bits per heavy atom. The van der Waals surface area contributed by atoms with Crippen molar-refractivity contribution in [2.75, 3.05) is 0 Å². The summed E-state index contributed by atoms with van der Waals surface area (Å²) in [6.45, 7) is 5.23. The van der Waals surface area contributed by atoms with Gasteiger partial charge in [-0.1, -0.05) is 31.7 Å². The summed E-state index contributed by atoms with van der Waals surface area (Å²) < 4.78 is 3.99.